The van der Waals surface area contributed by atoms with E-state index < -0.39 is 18.8 Å². The zero-order valence-electron chi connectivity index (χ0n) is 25.3. The fourth-order valence-corrected chi connectivity index (χ4v) is 7.34. The minimum atomic E-state index is -0.545. The number of aryl methyl sites for hydroxylation is 1. The molecule has 40 heavy (non-hydrogen) atoms. The van der Waals surface area contributed by atoms with Gasteiger partial charge >= 0.3 is 19.3 Å². The van der Waals surface area contributed by atoms with Gasteiger partial charge in [-0.05, 0) is 89.5 Å². The summed E-state index contributed by atoms with van der Waals surface area (Å²) in [5.74, 6) is 0.780. The van der Waals surface area contributed by atoms with Crippen molar-refractivity contribution in [3.8, 4) is 0 Å². The standard InChI is InChI=1S/C31H47BN2O6/c1-20-10-12-21(13-11-20)15-26(32-39-25-17-23-16-24(30(23,5)6)31(25,7)40-32)33-27(35)37-19-22-9-8-14-34(18-22)28(36)38-29(2,3)4/h10-13,22-26H,8-9,14-19H2,1-7H3,(H,33,35)/t22?,23?,24?,25-,26?,31+/m1/s1. The number of piperidine rings is 1. The van der Waals surface area contributed by atoms with E-state index in [1.165, 1.54) is 12.0 Å². The Balaban J connectivity index is 1.21. The third-order valence-corrected chi connectivity index (χ3v) is 9.80. The van der Waals surface area contributed by atoms with Crippen molar-refractivity contribution < 1.29 is 28.4 Å². The lowest BCUT2D eigenvalue weighted by molar-refractivity contribution is -0.199. The summed E-state index contributed by atoms with van der Waals surface area (Å²) in [4.78, 5) is 27.4. The average molecular weight is 555 g/mol. The first kappa shape index (κ1) is 29.2. The summed E-state index contributed by atoms with van der Waals surface area (Å²) in [7, 11) is -0.545. The molecule has 3 aliphatic carbocycles. The molecule has 5 aliphatic rings. The van der Waals surface area contributed by atoms with Gasteiger partial charge in [-0.2, -0.15) is 0 Å². The number of hydrogen-bond donors (Lipinski definition) is 1. The lowest BCUT2D eigenvalue weighted by atomic mass is 9.43. The van der Waals surface area contributed by atoms with Crippen LogP contribution in [0.4, 0.5) is 9.59 Å². The van der Waals surface area contributed by atoms with E-state index in [9.17, 15) is 9.59 Å². The van der Waals surface area contributed by atoms with E-state index in [1.807, 2.05) is 20.8 Å². The topological polar surface area (TPSA) is 86.3 Å². The number of ether oxygens (including phenoxy) is 2. The van der Waals surface area contributed by atoms with E-state index in [1.54, 1.807) is 4.90 Å². The zero-order chi connectivity index (χ0) is 28.9. The summed E-state index contributed by atoms with van der Waals surface area (Å²) >= 11 is 0. The van der Waals surface area contributed by atoms with Crippen molar-refractivity contribution in [3.05, 3.63) is 35.4 Å². The molecule has 3 saturated carbocycles. The normalized spacial score (nSPS) is 31.6. The minimum Gasteiger partial charge on any atom is -0.449 e. The molecule has 2 aliphatic heterocycles. The molecule has 1 aromatic carbocycles. The van der Waals surface area contributed by atoms with Crippen LogP contribution in [0.3, 0.4) is 0 Å². The van der Waals surface area contributed by atoms with E-state index >= 15 is 0 Å². The number of carbonyl (C=O) groups excluding carboxylic acids is 2. The van der Waals surface area contributed by atoms with Crippen LogP contribution in [0.2, 0.25) is 0 Å². The Hall–Kier alpha value is -2.26. The average Bonchev–Trinajstić information content (AvgIpc) is 3.24. The zero-order valence-corrected chi connectivity index (χ0v) is 25.3. The van der Waals surface area contributed by atoms with Crippen LogP contribution in [-0.4, -0.2) is 67.1 Å². The van der Waals surface area contributed by atoms with Crippen LogP contribution in [-0.2, 0) is 25.2 Å². The predicted octanol–water partition coefficient (Wildman–Crippen LogP) is 5.55. The molecule has 1 N–H and O–H groups in total. The number of likely N-dealkylation sites (tertiary alicyclic amines) is 1. The second-order valence-electron chi connectivity index (χ2n) is 14.3. The molecule has 4 unspecified atom stereocenters. The molecule has 0 aromatic heterocycles. The van der Waals surface area contributed by atoms with Gasteiger partial charge in [-0.1, -0.05) is 43.7 Å². The van der Waals surface area contributed by atoms with Crippen LogP contribution in [0.5, 0.6) is 0 Å². The van der Waals surface area contributed by atoms with Gasteiger partial charge in [-0.15, -0.1) is 0 Å². The molecular formula is C31H47BN2O6. The molecule has 1 aromatic rings. The number of nitrogens with zero attached hydrogens (tertiary/aromatic N) is 1. The van der Waals surface area contributed by atoms with Crippen molar-refractivity contribution in [2.45, 2.75) is 104 Å². The molecule has 2 heterocycles. The minimum absolute atomic E-state index is 0.0358. The van der Waals surface area contributed by atoms with Crippen molar-refractivity contribution in [1.29, 1.82) is 0 Å². The van der Waals surface area contributed by atoms with Gasteiger partial charge in [0.25, 0.3) is 0 Å². The maximum atomic E-state index is 13.1. The molecule has 8 nitrogen and oxygen atoms in total. The van der Waals surface area contributed by atoms with Crippen LogP contribution in [0.25, 0.3) is 0 Å². The summed E-state index contributed by atoms with van der Waals surface area (Å²) in [6.45, 7) is 16.0. The van der Waals surface area contributed by atoms with Crippen molar-refractivity contribution in [2.75, 3.05) is 19.7 Å². The second kappa shape index (κ2) is 10.9. The predicted molar refractivity (Wildman–Crippen MR) is 154 cm³/mol. The van der Waals surface area contributed by atoms with Gasteiger partial charge in [0, 0.05) is 19.0 Å². The molecule has 2 bridgehead atoms. The van der Waals surface area contributed by atoms with Gasteiger partial charge in [0.2, 0.25) is 0 Å². The highest BCUT2D eigenvalue weighted by atomic mass is 16.7. The molecule has 220 valence electrons. The van der Waals surface area contributed by atoms with Gasteiger partial charge in [0.15, 0.2) is 0 Å². The third kappa shape index (κ3) is 6.01. The molecule has 6 rings (SSSR count). The molecule has 6 atom stereocenters. The number of rotatable bonds is 6. The number of carbonyl (C=O) groups is 2. The first-order chi connectivity index (χ1) is 18.7. The Morgan fingerprint density at radius 3 is 2.58 bits per heavy atom. The summed E-state index contributed by atoms with van der Waals surface area (Å²) in [6.07, 6.45) is 3.74. The molecule has 2 amide bonds. The Bertz CT molecular complexity index is 1090. The number of amides is 2. The second-order valence-corrected chi connectivity index (χ2v) is 14.3. The van der Waals surface area contributed by atoms with Crippen molar-refractivity contribution in [3.63, 3.8) is 0 Å². The highest BCUT2D eigenvalue weighted by Gasteiger charge is 2.68. The first-order valence-electron chi connectivity index (χ1n) is 15.0. The van der Waals surface area contributed by atoms with E-state index in [4.69, 9.17) is 18.8 Å². The summed E-state index contributed by atoms with van der Waals surface area (Å²) in [5.41, 5.74) is 1.65. The number of hydrogen-bond acceptors (Lipinski definition) is 6. The van der Waals surface area contributed by atoms with E-state index in [0.717, 1.165) is 24.8 Å². The third-order valence-electron chi connectivity index (χ3n) is 9.80. The summed E-state index contributed by atoms with van der Waals surface area (Å²) in [6, 6.07) is 8.34. The Morgan fingerprint density at radius 1 is 1.18 bits per heavy atom. The number of nitrogens with one attached hydrogen (secondary N) is 1. The van der Waals surface area contributed by atoms with Gasteiger partial charge in [-0.3, -0.25) is 0 Å². The van der Waals surface area contributed by atoms with E-state index in [-0.39, 0.29) is 41.7 Å². The first-order valence-corrected chi connectivity index (χ1v) is 15.0. The van der Waals surface area contributed by atoms with Crippen LogP contribution in [0.15, 0.2) is 24.3 Å². The number of alkyl carbamates (subject to hydrolysis) is 1. The Morgan fingerprint density at radius 2 is 1.90 bits per heavy atom. The maximum Gasteiger partial charge on any atom is 0.482 e. The lowest BCUT2D eigenvalue weighted by Crippen LogP contribution is -2.65. The van der Waals surface area contributed by atoms with E-state index in [0.29, 0.717) is 31.3 Å². The van der Waals surface area contributed by atoms with Crippen LogP contribution in [0, 0.1) is 30.1 Å². The summed E-state index contributed by atoms with van der Waals surface area (Å²) < 4.78 is 24.5. The van der Waals surface area contributed by atoms with Crippen LogP contribution < -0.4 is 5.32 Å². The van der Waals surface area contributed by atoms with Gasteiger partial charge in [0.05, 0.1) is 24.3 Å². The molecule has 9 heteroatoms. The van der Waals surface area contributed by atoms with Crippen molar-refractivity contribution in [2.24, 2.45) is 23.2 Å². The Labute approximate surface area is 240 Å². The van der Waals surface area contributed by atoms with E-state index in [2.05, 4.69) is 57.3 Å². The highest BCUT2D eigenvalue weighted by Crippen LogP contribution is 2.65. The van der Waals surface area contributed by atoms with Crippen molar-refractivity contribution >= 4 is 19.3 Å². The molecule has 0 radical (unpaired) electrons. The van der Waals surface area contributed by atoms with Gasteiger partial charge in [-0.25, -0.2) is 9.59 Å². The summed E-state index contributed by atoms with van der Waals surface area (Å²) in [5, 5.41) is 3.09. The fourth-order valence-electron chi connectivity index (χ4n) is 7.34. The molecule has 5 fully saturated rings. The molecule has 2 saturated heterocycles. The van der Waals surface area contributed by atoms with Crippen LogP contribution >= 0.6 is 0 Å². The van der Waals surface area contributed by atoms with Crippen molar-refractivity contribution in [1.82, 2.24) is 10.2 Å². The largest absolute Gasteiger partial charge is 0.482 e. The highest BCUT2D eigenvalue weighted by molar-refractivity contribution is 6.47. The number of benzene rings is 1. The SMILES string of the molecule is Cc1ccc(CC(NC(=O)OCC2CCCN(C(=O)OC(C)(C)C)C2)B2O[C@@H]3CC4CC(C4(C)C)[C@]3(C)O2)cc1. The lowest BCUT2D eigenvalue weighted by Gasteiger charge is -2.64. The fraction of sp³-hybridized carbons (Fsp3) is 0.742. The quantitative estimate of drug-likeness (QED) is 0.465. The molecule has 0 spiro atoms. The monoisotopic (exact) mass is 554 g/mol. The molecular weight excluding hydrogens is 507 g/mol. The smallest absolute Gasteiger partial charge is 0.449 e. The maximum absolute atomic E-state index is 13.1. The Kier molecular flexibility index (Phi) is 7.94. The van der Waals surface area contributed by atoms with Crippen LogP contribution in [0.1, 0.15) is 78.4 Å². The van der Waals surface area contributed by atoms with Gasteiger partial charge in [0.1, 0.15) is 5.60 Å². The van der Waals surface area contributed by atoms with Gasteiger partial charge < -0.3 is 29.0 Å².